The highest BCUT2D eigenvalue weighted by atomic mass is 16.5. The van der Waals surface area contributed by atoms with Crippen molar-refractivity contribution in [2.75, 3.05) is 31.2 Å². The van der Waals surface area contributed by atoms with Crippen molar-refractivity contribution in [3.05, 3.63) is 29.3 Å². The van der Waals surface area contributed by atoms with Gasteiger partial charge in [0.1, 0.15) is 0 Å². The maximum Gasteiger partial charge on any atom is 0.307 e. The molecule has 0 aliphatic carbocycles. The van der Waals surface area contributed by atoms with Crippen molar-refractivity contribution in [3.8, 4) is 0 Å². The summed E-state index contributed by atoms with van der Waals surface area (Å²) in [5, 5.41) is 8.75. The lowest BCUT2D eigenvalue weighted by atomic mass is 10.1. The van der Waals surface area contributed by atoms with Gasteiger partial charge >= 0.3 is 5.97 Å². The maximum absolute atomic E-state index is 10.6. The number of hydrogen-bond donors (Lipinski definition) is 1. The summed E-state index contributed by atoms with van der Waals surface area (Å²) in [6.45, 7) is 5.35. The second-order valence-electron chi connectivity index (χ2n) is 4.29. The Morgan fingerprint density at radius 1 is 1.41 bits per heavy atom. The predicted octanol–water partition coefficient (Wildman–Crippen LogP) is 1.46. The molecule has 0 amide bonds. The van der Waals surface area contributed by atoms with Gasteiger partial charge in [0, 0.05) is 18.8 Å². The van der Waals surface area contributed by atoms with Crippen molar-refractivity contribution in [2.24, 2.45) is 0 Å². The lowest BCUT2D eigenvalue weighted by molar-refractivity contribution is -0.136. The van der Waals surface area contributed by atoms with Gasteiger partial charge in [0.05, 0.1) is 19.6 Å². The summed E-state index contributed by atoms with van der Waals surface area (Å²) >= 11 is 0. The highest BCUT2D eigenvalue weighted by Gasteiger charge is 2.13. The van der Waals surface area contributed by atoms with Crippen LogP contribution in [0.2, 0.25) is 0 Å². The largest absolute Gasteiger partial charge is 0.481 e. The van der Waals surface area contributed by atoms with Crippen molar-refractivity contribution < 1.29 is 14.6 Å². The fourth-order valence-corrected chi connectivity index (χ4v) is 2.16. The Labute approximate surface area is 101 Å². The molecule has 0 saturated carbocycles. The van der Waals surface area contributed by atoms with Crippen LogP contribution in [0.25, 0.3) is 0 Å². The number of carboxylic acid groups (broad SMARTS) is 1. The van der Waals surface area contributed by atoms with E-state index in [0.29, 0.717) is 0 Å². The summed E-state index contributed by atoms with van der Waals surface area (Å²) in [7, 11) is 0. The Kier molecular flexibility index (Phi) is 3.64. The fourth-order valence-electron chi connectivity index (χ4n) is 2.16. The fraction of sp³-hybridized carbons (Fsp3) is 0.462. The molecule has 1 heterocycles. The van der Waals surface area contributed by atoms with Gasteiger partial charge in [-0.1, -0.05) is 12.1 Å². The maximum atomic E-state index is 10.6. The van der Waals surface area contributed by atoms with Crippen LogP contribution in [-0.2, 0) is 16.0 Å². The average Bonchev–Trinajstić information content (AvgIpc) is 2.29. The van der Waals surface area contributed by atoms with Crippen LogP contribution < -0.4 is 4.90 Å². The third-order valence-corrected chi connectivity index (χ3v) is 2.97. The second-order valence-corrected chi connectivity index (χ2v) is 4.29. The van der Waals surface area contributed by atoms with E-state index in [9.17, 15) is 4.79 Å². The minimum absolute atomic E-state index is 0.0875. The minimum Gasteiger partial charge on any atom is -0.481 e. The SMILES string of the molecule is Cc1cc(CC(=O)O)ccc1N1CCOCC1. The van der Waals surface area contributed by atoms with Crippen LogP contribution in [0.1, 0.15) is 11.1 Å². The highest BCUT2D eigenvalue weighted by Crippen LogP contribution is 2.22. The summed E-state index contributed by atoms with van der Waals surface area (Å²) in [6.07, 6.45) is 0.0875. The first kappa shape index (κ1) is 11.9. The number of aryl methyl sites for hydroxylation is 1. The van der Waals surface area contributed by atoms with E-state index in [2.05, 4.69) is 4.90 Å². The molecule has 1 aliphatic heterocycles. The molecule has 0 spiro atoms. The molecule has 17 heavy (non-hydrogen) atoms. The molecule has 1 aromatic rings. The van der Waals surface area contributed by atoms with Crippen molar-refractivity contribution in [2.45, 2.75) is 13.3 Å². The molecular weight excluding hydrogens is 218 g/mol. The summed E-state index contributed by atoms with van der Waals surface area (Å²) < 4.78 is 5.32. The van der Waals surface area contributed by atoms with Gasteiger partial charge in [0.15, 0.2) is 0 Å². The summed E-state index contributed by atoms with van der Waals surface area (Å²) in [6, 6.07) is 5.86. The third-order valence-electron chi connectivity index (χ3n) is 2.97. The third kappa shape index (κ3) is 2.97. The normalized spacial score (nSPS) is 15.9. The first-order chi connectivity index (χ1) is 8.16. The van der Waals surface area contributed by atoms with Gasteiger partial charge in [0.25, 0.3) is 0 Å². The minimum atomic E-state index is -0.788. The number of morpholine rings is 1. The van der Waals surface area contributed by atoms with Crippen molar-refractivity contribution >= 4 is 11.7 Å². The standard InChI is InChI=1S/C13H17NO3/c1-10-8-11(9-13(15)16)2-3-12(10)14-4-6-17-7-5-14/h2-3,8H,4-7,9H2,1H3,(H,15,16). The van der Waals surface area contributed by atoms with Crippen LogP contribution in [0.3, 0.4) is 0 Å². The Balaban J connectivity index is 2.15. The van der Waals surface area contributed by atoms with E-state index in [1.165, 1.54) is 5.69 Å². The van der Waals surface area contributed by atoms with E-state index in [1.54, 1.807) is 0 Å². The number of hydrogen-bond acceptors (Lipinski definition) is 3. The van der Waals surface area contributed by atoms with E-state index >= 15 is 0 Å². The van der Waals surface area contributed by atoms with Gasteiger partial charge in [-0.05, 0) is 24.1 Å². The van der Waals surface area contributed by atoms with Gasteiger partial charge in [-0.3, -0.25) is 4.79 Å². The van der Waals surface area contributed by atoms with Crippen LogP contribution in [0, 0.1) is 6.92 Å². The van der Waals surface area contributed by atoms with Crippen molar-refractivity contribution in [1.82, 2.24) is 0 Å². The van der Waals surface area contributed by atoms with Crippen LogP contribution in [0.15, 0.2) is 18.2 Å². The van der Waals surface area contributed by atoms with E-state index in [-0.39, 0.29) is 6.42 Å². The van der Waals surface area contributed by atoms with Crippen molar-refractivity contribution in [1.29, 1.82) is 0 Å². The monoisotopic (exact) mass is 235 g/mol. The van der Waals surface area contributed by atoms with Crippen LogP contribution in [-0.4, -0.2) is 37.4 Å². The zero-order chi connectivity index (χ0) is 12.3. The number of carbonyl (C=O) groups is 1. The molecule has 2 rings (SSSR count). The summed E-state index contributed by atoms with van der Waals surface area (Å²) in [5.41, 5.74) is 3.17. The first-order valence-electron chi connectivity index (χ1n) is 5.81. The molecule has 0 atom stereocenters. The topological polar surface area (TPSA) is 49.8 Å². The van der Waals surface area contributed by atoms with Gasteiger partial charge in [-0.15, -0.1) is 0 Å². The molecule has 1 N–H and O–H groups in total. The Hall–Kier alpha value is -1.55. The molecule has 92 valence electrons. The number of rotatable bonds is 3. The first-order valence-corrected chi connectivity index (χ1v) is 5.81. The number of nitrogens with zero attached hydrogens (tertiary/aromatic N) is 1. The van der Waals surface area contributed by atoms with Gasteiger partial charge in [-0.2, -0.15) is 0 Å². The van der Waals surface area contributed by atoms with E-state index in [1.807, 2.05) is 25.1 Å². The van der Waals surface area contributed by atoms with Gasteiger partial charge in [-0.25, -0.2) is 0 Å². The van der Waals surface area contributed by atoms with Crippen molar-refractivity contribution in [3.63, 3.8) is 0 Å². The second kappa shape index (κ2) is 5.19. The van der Waals surface area contributed by atoms with E-state index in [0.717, 1.165) is 37.4 Å². The molecule has 0 unspecified atom stereocenters. The lowest BCUT2D eigenvalue weighted by Gasteiger charge is -2.30. The number of carboxylic acids is 1. The molecule has 1 aromatic carbocycles. The summed E-state index contributed by atoms with van der Waals surface area (Å²) in [4.78, 5) is 12.9. The molecular formula is C13H17NO3. The zero-order valence-corrected chi connectivity index (χ0v) is 9.98. The molecule has 1 saturated heterocycles. The molecule has 0 aromatic heterocycles. The van der Waals surface area contributed by atoms with E-state index < -0.39 is 5.97 Å². The quantitative estimate of drug-likeness (QED) is 0.861. The van der Waals surface area contributed by atoms with Crippen LogP contribution in [0.4, 0.5) is 5.69 Å². The molecule has 1 aliphatic rings. The Morgan fingerprint density at radius 2 is 2.12 bits per heavy atom. The summed E-state index contributed by atoms with van der Waals surface area (Å²) in [5.74, 6) is -0.788. The van der Waals surface area contributed by atoms with Gasteiger partial charge in [0.2, 0.25) is 0 Å². The van der Waals surface area contributed by atoms with E-state index in [4.69, 9.17) is 9.84 Å². The lowest BCUT2D eigenvalue weighted by Crippen LogP contribution is -2.36. The molecule has 0 bridgehead atoms. The molecule has 4 heteroatoms. The smallest absolute Gasteiger partial charge is 0.307 e. The number of ether oxygens (including phenoxy) is 1. The van der Waals surface area contributed by atoms with Crippen LogP contribution in [0.5, 0.6) is 0 Å². The number of aliphatic carboxylic acids is 1. The highest BCUT2D eigenvalue weighted by molar-refractivity contribution is 5.71. The molecule has 4 nitrogen and oxygen atoms in total. The number of anilines is 1. The average molecular weight is 235 g/mol. The Morgan fingerprint density at radius 3 is 2.71 bits per heavy atom. The van der Waals surface area contributed by atoms with Crippen LogP contribution >= 0.6 is 0 Å². The Bertz CT molecular complexity index is 411. The zero-order valence-electron chi connectivity index (χ0n) is 9.98. The molecule has 1 fully saturated rings. The molecule has 0 radical (unpaired) electrons. The van der Waals surface area contributed by atoms with Gasteiger partial charge < -0.3 is 14.7 Å². The number of benzene rings is 1. The predicted molar refractivity (Wildman–Crippen MR) is 65.6 cm³/mol.